The number of halogens is 4. The van der Waals surface area contributed by atoms with Gasteiger partial charge in [-0.25, -0.2) is 0 Å². The Morgan fingerprint density at radius 1 is 1.35 bits per heavy atom. The monoisotopic (exact) mass is 358 g/mol. The van der Waals surface area contributed by atoms with Crippen molar-refractivity contribution >= 4 is 34.2 Å². The van der Waals surface area contributed by atoms with Crippen LogP contribution in [0.15, 0.2) is 24.3 Å². The fourth-order valence-corrected chi connectivity index (χ4v) is 1.47. The van der Waals surface area contributed by atoms with E-state index in [9.17, 15) is 18.0 Å². The van der Waals surface area contributed by atoms with E-state index >= 15 is 0 Å². The van der Waals surface area contributed by atoms with Crippen LogP contribution in [0.1, 0.15) is 6.92 Å². The number of alkyl halides is 3. The highest BCUT2D eigenvalue weighted by Gasteiger charge is 2.54. The van der Waals surface area contributed by atoms with Gasteiger partial charge in [0, 0.05) is 3.57 Å². The molecule has 3 nitrogen and oxygen atoms in total. The first-order chi connectivity index (χ1) is 7.66. The van der Waals surface area contributed by atoms with Crippen LogP contribution in [0.25, 0.3) is 0 Å². The Bertz CT molecular complexity index is 432. The van der Waals surface area contributed by atoms with E-state index in [0.29, 0.717) is 16.2 Å². The average Bonchev–Trinajstić information content (AvgIpc) is 2.19. The summed E-state index contributed by atoms with van der Waals surface area (Å²) in [6.45, 7) is 0.637. The predicted octanol–water partition coefficient (Wildman–Crippen LogP) is 2.51. The molecule has 1 amide bonds. The molecule has 0 saturated heterocycles. The van der Waals surface area contributed by atoms with Gasteiger partial charge < -0.3 is 11.1 Å². The molecule has 17 heavy (non-hydrogen) atoms. The highest BCUT2D eigenvalue weighted by Crippen LogP contribution is 2.29. The van der Waals surface area contributed by atoms with Crippen LogP contribution in [0.5, 0.6) is 0 Å². The third-order valence-corrected chi connectivity index (χ3v) is 3.12. The number of para-hydroxylation sites is 1. The summed E-state index contributed by atoms with van der Waals surface area (Å²) >= 11 is 1.91. The number of benzene rings is 1. The highest BCUT2D eigenvalue weighted by molar-refractivity contribution is 14.1. The van der Waals surface area contributed by atoms with E-state index in [1.165, 1.54) is 6.07 Å². The SMILES string of the molecule is C[C@@](N)(C(=O)Nc1ccccc1I)C(F)(F)F. The lowest BCUT2D eigenvalue weighted by Crippen LogP contribution is -2.59. The van der Waals surface area contributed by atoms with Crippen molar-refractivity contribution < 1.29 is 18.0 Å². The van der Waals surface area contributed by atoms with Crippen molar-refractivity contribution in [3.8, 4) is 0 Å². The van der Waals surface area contributed by atoms with Gasteiger partial charge in [-0.05, 0) is 41.6 Å². The van der Waals surface area contributed by atoms with Crippen molar-refractivity contribution in [3.05, 3.63) is 27.8 Å². The number of rotatable bonds is 2. The molecule has 94 valence electrons. The minimum Gasteiger partial charge on any atom is -0.323 e. The Labute approximate surface area is 110 Å². The number of carbonyl (C=O) groups is 1. The average molecular weight is 358 g/mol. The van der Waals surface area contributed by atoms with Crippen LogP contribution in [0.3, 0.4) is 0 Å². The molecule has 0 aliphatic carbocycles. The van der Waals surface area contributed by atoms with E-state index in [1.54, 1.807) is 18.2 Å². The number of hydrogen-bond acceptors (Lipinski definition) is 2. The largest absolute Gasteiger partial charge is 0.415 e. The molecule has 1 rings (SSSR count). The Kier molecular flexibility index (Phi) is 4.03. The molecule has 0 fully saturated rings. The maximum atomic E-state index is 12.5. The molecule has 7 heteroatoms. The van der Waals surface area contributed by atoms with Crippen LogP contribution in [-0.2, 0) is 4.79 Å². The Morgan fingerprint density at radius 3 is 2.35 bits per heavy atom. The molecule has 0 radical (unpaired) electrons. The van der Waals surface area contributed by atoms with E-state index in [2.05, 4.69) is 5.32 Å². The highest BCUT2D eigenvalue weighted by atomic mass is 127. The molecular weight excluding hydrogens is 348 g/mol. The molecule has 0 aromatic heterocycles. The summed E-state index contributed by atoms with van der Waals surface area (Å²) in [5.74, 6) is -1.28. The second kappa shape index (κ2) is 4.81. The van der Waals surface area contributed by atoms with Crippen LogP contribution in [0.2, 0.25) is 0 Å². The molecule has 0 saturated carbocycles. The Hall–Kier alpha value is -0.830. The van der Waals surface area contributed by atoms with Crippen LogP contribution in [0, 0.1) is 3.57 Å². The van der Waals surface area contributed by atoms with E-state index < -0.39 is 17.6 Å². The summed E-state index contributed by atoms with van der Waals surface area (Å²) in [4.78, 5) is 11.5. The van der Waals surface area contributed by atoms with Crippen molar-refractivity contribution in [3.63, 3.8) is 0 Å². The van der Waals surface area contributed by atoms with Gasteiger partial charge in [0.25, 0.3) is 5.91 Å². The van der Waals surface area contributed by atoms with Crippen molar-refractivity contribution in [2.75, 3.05) is 5.32 Å². The fourth-order valence-electron chi connectivity index (χ4n) is 0.943. The first-order valence-corrected chi connectivity index (χ1v) is 5.65. The molecule has 0 aliphatic heterocycles. The maximum Gasteiger partial charge on any atom is 0.415 e. The number of amides is 1. The number of nitrogens with one attached hydrogen (secondary N) is 1. The number of anilines is 1. The van der Waals surface area contributed by atoms with E-state index in [1.807, 2.05) is 22.6 Å². The standard InChI is InChI=1S/C10H10F3IN2O/c1-9(15,10(11,12)13)8(17)16-7-5-3-2-4-6(7)14/h2-5H,15H2,1H3,(H,16,17)/t9-/m1/s1. The van der Waals surface area contributed by atoms with Gasteiger partial charge in [0.1, 0.15) is 0 Å². The van der Waals surface area contributed by atoms with E-state index in [4.69, 9.17) is 5.73 Å². The van der Waals surface area contributed by atoms with Gasteiger partial charge in [-0.3, -0.25) is 4.79 Å². The first-order valence-electron chi connectivity index (χ1n) is 4.58. The lowest BCUT2D eigenvalue weighted by atomic mass is 10.0. The zero-order chi connectivity index (χ0) is 13.3. The quantitative estimate of drug-likeness (QED) is 0.799. The third kappa shape index (κ3) is 3.09. The van der Waals surface area contributed by atoms with Gasteiger partial charge in [-0.2, -0.15) is 13.2 Å². The molecule has 1 aromatic rings. The molecule has 3 N–H and O–H groups in total. The topological polar surface area (TPSA) is 55.1 Å². The molecule has 1 atom stereocenters. The molecule has 0 aliphatic rings. The fraction of sp³-hybridized carbons (Fsp3) is 0.300. The van der Waals surface area contributed by atoms with Crippen molar-refractivity contribution in [1.29, 1.82) is 0 Å². The molecule has 0 unspecified atom stereocenters. The van der Waals surface area contributed by atoms with Crippen molar-refractivity contribution in [2.24, 2.45) is 5.73 Å². The number of hydrogen-bond donors (Lipinski definition) is 2. The summed E-state index contributed by atoms with van der Waals surface area (Å²) in [7, 11) is 0. The summed E-state index contributed by atoms with van der Waals surface area (Å²) in [6.07, 6.45) is -4.79. The number of nitrogens with two attached hydrogens (primary N) is 1. The Morgan fingerprint density at radius 2 is 1.88 bits per heavy atom. The minimum atomic E-state index is -4.79. The second-order valence-corrected chi connectivity index (χ2v) is 4.80. The summed E-state index contributed by atoms with van der Waals surface area (Å²) < 4.78 is 38.1. The van der Waals surface area contributed by atoms with Crippen LogP contribution < -0.4 is 11.1 Å². The zero-order valence-electron chi connectivity index (χ0n) is 8.81. The Balaban J connectivity index is 2.91. The maximum absolute atomic E-state index is 12.5. The van der Waals surface area contributed by atoms with Gasteiger partial charge in [-0.15, -0.1) is 0 Å². The molecule has 1 aromatic carbocycles. The predicted molar refractivity (Wildman–Crippen MR) is 66.4 cm³/mol. The van der Waals surface area contributed by atoms with Crippen LogP contribution >= 0.6 is 22.6 Å². The van der Waals surface area contributed by atoms with Crippen molar-refractivity contribution in [2.45, 2.75) is 18.6 Å². The van der Waals surface area contributed by atoms with Gasteiger partial charge in [0.15, 0.2) is 5.54 Å². The van der Waals surface area contributed by atoms with Crippen molar-refractivity contribution in [1.82, 2.24) is 0 Å². The lowest BCUT2D eigenvalue weighted by molar-refractivity contribution is -0.184. The van der Waals surface area contributed by atoms with Crippen LogP contribution in [-0.4, -0.2) is 17.6 Å². The lowest BCUT2D eigenvalue weighted by Gasteiger charge is -2.26. The smallest absolute Gasteiger partial charge is 0.323 e. The molecule has 0 spiro atoms. The van der Waals surface area contributed by atoms with Gasteiger partial charge in [0.2, 0.25) is 0 Å². The molecular formula is C10H10F3IN2O. The zero-order valence-corrected chi connectivity index (χ0v) is 11.0. The number of carbonyl (C=O) groups excluding carboxylic acids is 1. The van der Waals surface area contributed by atoms with E-state index in [0.717, 1.165) is 0 Å². The first kappa shape index (κ1) is 14.2. The second-order valence-electron chi connectivity index (χ2n) is 3.63. The summed E-state index contributed by atoms with van der Waals surface area (Å²) in [5.41, 5.74) is 2.39. The van der Waals surface area contributed by atoms with Gasteiger partial charge >= 0.3 is 6.18 Å². The van der Waals surface area contributed by atoms with Gasteiger partial charge in [-0.1, -0.05) is 12.1 Å². The molecule has 0 bridgehead atoms. The summed E-state index contributed by atoms with van der Waals surface area (Å²) in [5, 5.41) is 2.17. The molecule has 0 heterocycles. The van der Waals surface area contributed by atoms with Crippen LogP contribution in [0.4, 0.5) is 18.9 Å². The van der Waals surface area contributed by atoms with Gasteiger partial charge in [0.05, 0.1) is 5.69 Å². The minimum absolute atomic E-state index is 0.305. The normalized spacial score (nSPS) is 15.2. The van der Waals surface area contributed by atoms with E-state index in [-0.39, 0.29) is 0 Å². The summed E-state index contributed by atoms with van der Waals surface area (Å²) in [6, 6.07) is 6.49. The third-order valence-electron chi connectivity index (χ3n) is 2.18.